The van der Waals surface area contributed by atoms with Crippen LogP contribution < -0.4 is 5.32 Å². The summed E-state index contributed by atoms with van der Waals surface area (Å²) in [6.45, 7) is 14.6. The van der Waals surface area contributed by atoms with Gasteiger partial charge in [-0.2, -0.15) is 0 Å². The van der Waals surface area contributed by atoms with E-state index in [-0.39, 0.29) is 17.3 Å². The van der Waals surface area contributed by atoms with Gasteiger partial charge >= 0.3 is 5.97 Å². The Balaban J connectivity index is 4.04. The molecule has 0 aromatic carbocycles. The third-order valence-electron chi connectivity index (χ3n) is 2.61. The number of carbonyl (C=O) groups is 1. The molecule has 4 nitrogen and oxygen atoms in total. The second-order valence-electron chi connectivity index (χ2n) is 7.47. The zero-order valence-corrected chi connectivity index (χ0v) is 14.0. The number of ether oxygens (including phenoxy) is 1. The third-order valence-corrected chi connectivity index (χ3v) is 2.61. The topological polar surface area (TPSA) is 41.6 Å². The van der Waals surface area contributed by atoms with Crippen LogP contribution in [0.5, 0.6) is 0 Å². The van der Waals surface area contributed by atoms with E-state index in [1.54, 1.807) is 0 Å². The molecule has 19 heavy (non-hydrogen) atoms. The Morgan fingerprint density at radius 1 is 1.21 bits per heavy atom. The summed E-state index contributed by atoms with van der Waals surface area (Å²) in [4.78, 5) is 14.0. The van der Waals surface area contributed by atoms with Crippen molar-refractivity contribution in [1.29, 1.82) is 0 Å². The number of nitrogens with zero attached hydrogens (tertiary/aromatic N) is 1. The van der Waals surface area contributed by atoms with Crippen LogP contribution in [0.4, 0.5) is 0 Å². The Kier molecular flexibility index (Phi) is 7.01. The van der Waals surface area contributed by atoms with Gasteiger partial charge in [-0.1, -0.05) is 20.8 Å². The standard InChI is InChI=1S/C15H32N2O2/c1-12(13(18)19-14(2,3)4)9-16-10-15(5,6)11-17(7)8/h12,16H,9-11H2,1-8H3. The minimum absolute atomic E-state index is 0.116. The number of nitrogens with one attached hydrogen (secondary N) is 1. The van der Waals surface area contributed by atoms with E-state index in [9.17, 15) is 4.79 Å². The SMILES string of the molecule is CC(CNCC(C)(C)CN(C)C)C(=O)OC(C)(C)C. The maximum atomic E-state index is 11.8. The van der Waals surface area contributed by atoms with E-state index in [0.29, 0.717) is 6.54 Å². The monoisotopic (exact) mass is 272 g/mol. The zero-order chi connectivity index (χ0) is 15.3. The summed E-state index contributed by atoms with van der Waals surface area (Å²) in [6.07, 6.45) is 0. The van der Waals surface area contributed by atoms with E-state index in [1.165, 1.54) is 0 Å². The first-order valence-corrected chi connectivity index (χ1v) is 7.01. The Morgan fingerprint density at radius 3 is 2.16 bits per heavy atom. The van der Waals surface area contributed by atoms with Crippen molar-refractivity contribution in [3.8, 4) is 0 Å². The molecule has 4 heteroatoms. The van der Waals surface area contributed by atoms with Crippen molar-refractivity contribution >= 4 is 5.97 Å². The van der Waals surface area contributed by atoms with Crippen LogP contribution in [-0.4, -0.2) is 50.2 Å². The molecule has 0 radical (unpaired) electrons. The van der Waals surface area contributed by atoms with Crippen LogP contribution >= 0.6 is 0 Å². The van der Waals surface area contributed by atoms with Crippen molar-refractivity contribution < 1.29 is 9.53 Å². The molecular weight excluding hydrogens is 240 g/mol. The summed E-state index contributed by atoms with van der Waals surface area (Å²) >= 11 is 0. The molecule has 0 aromatic heterocycles. The molecule has 114 valence electrons. The lowest BCUT2D eigenvalue weighted by molar-refractivity contribution is -0.159. The van der Waals surface area contributed by atoms with Crippen molar-refractivity contribution in [3.63, 3.8) is 0 Å². The quantitative estimate of drug-likeness (QED) is 0.721. The van der Waals surface area contributed by atoms with Crippen molar-refractivity contribution in [2.24, 2.45) is 11.3 Å². The van der Waals surface area contributed by atoms with Gasteiger partial charge in [0.25, 0.3) is 0 Å². The molecule has 0 aromatic rings. The molecule has 0 aliphatic carbocycles. The zero-order valence-electron chi connectivity index (χ0n) is 14.0. The number of carbonyl (C=O) groups excluding carboxylic acids is 1. The maximum absolute atomic E-state index is 11.8. The largest absolute Gasteiger partial charge is 0.460 e. The van der Waals surface area contributed by atoms with E-state index in [0.717, 1.165) is 13.1 Å². The number of hydrogen-bond acceptors (Lipinski definition) is 4. The first-order valence-electron chi connectivity index (χ1n) is 7.01. The molecule has 0 saturated heterocycles. The average Bonchev–Trinajstić information content (AvgIpc) is 2.11. The Morgan fingerprint density at radius 2 is 1.74 bits per heavy atom. The summed E-state index contributed by atoms with van der Waals surface area (Å²) in [5, 5.41) is 3.37. The molecule has 0 bridgehead atoms. The lowest BCUT2D eigenvalue weighted by Gasteiger charge is -2.29. The molecule has 1 unspecified atom stereocenters. The van der Waals surface area contributed by atoms with Gasteiger partial charge in [-0.3, -0.25) is 4.79 Å². The first kappa shape index (κ1) is 18.4. The lowest BCUT2D eigenvalue weighted by atomic mass is 9.93. The van der Waals surface area contributed by atoms with Gasteiger partial charge < -0.3 is 15.0 Å². The van der Waals surface area contributed by atoms with Gasteiger partial charge in [0.15, 0.2) is 0 Å². The third kappa shape index (κ3) is 9.91. The highest BCUT2D eigenvalue weighted by molar-refractivity contribution is 5.72. The highest BCUT2D eigenvalue weighted by atomic mass is 16.6. The van der Waals surface area contributed by atoms with E-state index in [4.69, 9.17) is 4.74 Å². The fraction of sp³-hybridized carbons (Fsp3) is 0.933. The van der Waals surface area contributed by atoms with Crippen LogP contribution in [0.25, 0.3) is 0 Å². The molecule has 1 atom stereocenters. The molecule has 0 spiro atoms. The molecule has 0 heterocycles. The summed E-state index contributed by atoms with van der Waals surface area (Å²) < 4.78 is 5.36. The van der Waals surface area contributed by atoms with E-state index >= 15 is 0 Å². The van der Waals surface area contributed by atoms with E-state index in [1.807, 2.05) is 27.7 Å². The highest BCUT2D eigenvalue weighted by Crippen LogP contribution is 2.15. The maximum Gasteiger partial charge on any atom is 0.310 e. The smallest absolute Gasteiger partial charge is 0.310 e. The van der Waals surface area contributed by atoms with Crippen LogP contribution in [0.1, 0.15) is 41.5 Å². The van der Waals surface area contributed by atoms with Gasteiger partial charge in [0.05, 0.1) is 5.92 Å². The Hall–Kier alpha value is -0.610. The Bertz CT molecular complexity index is 280. The van der Waals surface area contributed by atoms with Gasteiger partial charge in [-0.15, -0.1) is 0 Å². The minimum atomic E-state index is -0.407. The predicted octanol–water partition coefficient (Wildman–Crippen LogP) is 2.14. The molecule has 0 fully saturated rings. The molecule has 1 N–H and O–H groups in total. The number of esters is 1. The second kappa shape index (κ2) is 7.25. The van der Waals surface area contributed by atoms with Crippen LogP contribution in [0, 0.1) is 11.3 Å². The summed E-state index contributed by atoms with van der Waals surface area (Å²) in [5.41, 5.74) is -0.216. The van der Waals surface area contributed by atoms with Crippen LogP contribution in [0.2, 0.25) is 0 Å². The fourth-order valence-corrected chi connectivity index (χ4v) is 2.02. The predicted molar refractivity (Wildman–Crippen MR) is 80.2 cm³/mol. The lowest BCUT2D eigenvalue weighted by Crippen LogP contribution is -2.40. The molecule has 0 aliphatic heterocycles. The minimum Gasteiger partial charge on any atom is -0.460 e. The van der Waals surface area contributed by atoms with Gasteiger partial charge in [0, 0.05) is 19.6 Å². The second-order valence-corrected chi connectivity index (χ2v) is 7.47. The molecule has 0 rings (SSSR count). The number of rotatable bonds is 7. The highest BCUT2D eigenvalue weighted by Gasteiger charge is 2.23. The van der Waals surface area contributed by atoms with Gasteiger partial charge in [-0.25, -0.2) is 0 Å². The molecule has 0 saturated carbocycles. The molecule has 0 amide bonds. The van der Waals surface area contributed by atoms with Gasteiger partial charge in [-0.05, 0) is 40.3 Å². The molecular formula is C15H32N2O2. The van der Waals surface area contributed by atoms with E-state index in [2.05, 4.69) is 38.2 Å². The van der Waals surface area contributed by atoms with E-state index < -0.39 is 5.60 Å². The summed E-state index contributed by atoms with van der Waals surface area (Å²) in [5.74, 6) is -0.250. The van der Waals surface area contributed by atoms with Crippen LogP contribution in [-0.2, 0) is 9.53 Å². The normalized spacial score (nSPS) is 14.6. The average molecular weight is 272 g/mol. The van der Waals surface area contributed by atoms with Crippen molar-refractivity contribution in [1.82, 2.24) is 10.2 Å². The Labute approximate surface area is 118 Å². The summed E-state index contributed by atoms with van der Waals surface area (Å²) in [6, 6.07) is 0. The molecule has 0 aliphatic rings. The van der Waals surface area contributed by atoms with Crippen LogP contribution in [0.3, 0.4) is 0 Å². The number of hydrogen-bond donors (Lipinski definition) is 1. The van der Waals surface area contributed by atoms with Crippen molar-refractivity contribution in [3.05, 3.63) is 0 Å². The van der Waals surface area contributed by atoms with Crippen LogP contribution in [0.15, 0.2) is 0 Å². The van der Waals surface area contributed by atoms with Gasteiger partial charge in [0.2, 0.25) is 0 Å². The fourth-order valence-electron chi connectivity index (χ4n) is 2.02. The van der Waals surface area contributed by atoms with Crippen molar-refractivity contribution in [2.45, 2.75) is 47.1 Å². The van der Waals surface area contributed by atoms with Gasteiger partial charge in [0.1, 0.15) is 5.60 Å². The summed E-state index contributed by atoms with van der Waals surface area (Å²) in [7, 11) is 4.15. The van der Waals surface area contributed by atoms with Crippen molar-refractivity contribution in [2.75, 3.05) is 33.7 Å². The first-order chi connectivity index (χ1) is 8.43.